The van der Waals surface area contributed by atoms with Crippen molar-refractivity contribution in [1.82, 2.24) is 0 Å². The normalized spacial score (nSPS) is 18.1. The maximum atomic E-state index is 13.6. The smallest absolute Gasteiger partial charge is 0.232 e. The SMILES string of the molecule is CC(C)Oc1cc2c(cc1O)CC(=O)N(c1ccc(C(=O)C3CCOCC3)cc1)C2c1ccc(Cl)cc1. The van der Waals surface area contributed by atoms with Crippen LogP contribution >= 0.6 is 11.6 Å². The first kappa shape index (κ1) is 25.3. The summed E-state index contributed by atoms with van der Waals surface area (Å²) in [5.41, 5.74) is 3.83. The Hall–Kier alpha value is -3.35. The summed E-state index contributed by atoms with van der Waals surface area (Å²) in [6.07, 6.45) is 1.47. The molecule has 0 aliphatic carbocycles. The van der Waals surface area contributed by atoms with E-state index in [1.165, 1.54) is 0 Å². The number of phenols is 1. The molecule has 3 aromatic rings. The van der Waals surface area contributed by atoms with Crippen LogP contribution in [0.4, 0.5) is 5.69 Å². The lowest BCUT2D eigenvalue weighted by molar-refractivity contribution is -0.118. The largest absolute Gasteiger partial charge is 0.504 e. The summed E-state index contributed by atoms with van der Waals surface area (Å²) in [7, 11) is 0. The third-order valence-corrected chi connectivity index (χ3v) is 7.21. The van der Waals surface area contributed by atoms with Crippen molar-refractivity contribution in [3.8, 4) is 11.5 Å². The molecule has 2 aliphatic rings. The van der Waals surface area contributed by atoms with Gasteiger partial charge in [-0.3, -0.25) is 9.59 Å². The molecule has 37 heavy (non-hydrogen) atoms. The van der Waals surface area contributed by atoms with Gasteiger partial charge in [0.2, 0.25) is 5.91 Å². The van der Waals surface area contributed by atoms with E-state index in [2.05, 4.69) is 0 Å². The van der Waals surface area contributed by atoms with Crippen molar-refractivity contribution in [1.29, 1.82) is 0 Å². The summed E-state index contributed by atoms with van der Waals surface area (Å²) >= 11 is 6.17. The number of Topliss-reactive ketones (excluding diaryl/α,β-unsaturated/α-hetero) is 1. The summed E-state index contributed by atoms with van der Waals surface area (Å²) in [5.74, 6) is 0.370. The van der Waals surface area contributed by atoms with Gasteiger partial charge in [0.1, 0.15) is 0 Å². The van der Waals surface area contributed by atoms with Gasteiger partial charge in [0.15, 0.2) is 17.3 Å². The molecule has 2 aliphatic heterocycles. The molecule has 1 unspecified atom stereocenters. The number of rotatable bonds is 6. The van der Waals surface area contributed by atoms with Crippen molar-refractivity contribution in [3.05, 3.63) is 87.9 Å². The first-order valence-electron chi connectivity index (χ1n) is 12.6. The number of carbonyl (C=O) groups excluding carboxylic acids is 2. The Labute approximate surface area is 221 Å². The van der Waals surface area contributed by atoms with Crippen LogP contribution in [0.5, 0.6) is 11.5 Å². The quantitative estimate of drug-likeness (QED) is 0.397. The highest BCUT2D eigenvalue weighted by Crippen LogP contribution is 2.43. The van der Waals surface area contributed by atoms with Crippen LogP contribution in [-0.2, 0) is 16.0 Å². The molecule has 6 nitrogen and oxygen atoms in total. The first-order chi connectivity index (χ1) is 17.8. The molecule has 2 heterocycles. The van der Waals surface area contributed by atoms with Crippen LogP contribution in [0.3, 0.4) is 0 Å². The molecular formula is C30H30ClNO5. The van der Waals surface area contributed by atoms with Gasteiger partial charge < -0.3 is 19.5 Å². The molecule has 1 atom stereocenters. The maximum absolute atomic E-state index is 13.6. The molecule has 3 aromatic carbocycles. The highest BCUT2D eigenvalue weighted by Gasteiger charge is 2.36. The molecule has 0 spiro atoms. The molecular weight excluding hydrogens is 490 g/mol. The summed E-state index contributed by atoms with van der Waals surface area (Å²) in [5, 5.41) is 11.2. The number of hydrogen-bond donors (Lipinski definition) is 1. The molecule has 1 N–H and O–H groups in total. The molecule has 1 saturated heterocycles. The zero-order valence-electron chi connectivity index (χ0n) is 20.9. The summed E-state index contributed by atoms with van der Waals surface area (Å²) in [6, 6.07) is 17.7. The van der Waals surface area contributed by atoms with Crippen molar-refractivity contribution in [2.45, 2.75) is 45.3 Å². The van der Waals surface area contributed by atoms with E-state index in [4.69, 9.17) is 21.1 Å². The molecule has 0 bridgehead atoms. The molecule has 1 amide bonds. The number of carbonyl (C=O) groups is 2. The zero-order valence-corrected chi connectivity index (χ0v) is 21.7. The van der Waals surface area contributed by atoms with Crippen molar-refractivity contribution in [2.75, 3.05) is 18.1 Å². The highest BCUT2D eigenvalue weighted by molar-refractivity contribution is 6.30. The third-order valence-electron chi connectivity index (χ3n) is 6.95. The van der Waals surface area contributed by atoms with E-state index in [1.807, 2.05) is 44.2 Å². The van der Waals surface area contributed by atoms with Gasteiger partial charge in [0, 0.05) is 35.4 Å². The van der Waals surface area contributed by atoms with Gasteiger partial charge >= 0.3 is 0 Å². The maximum Gasteiger partial charge on any atom is 0.232 e. The van der Waals surface area contributed by atoms with Gasteiger partial charge in [0.25, 0.3) is 0 Å². The fraction of sp³-hybridized carbons (Fsp3) is 0.333. The molecule has 0 aromatic heterocycles. The van der Waals surface area contributed by atoms with E-state index >= 15 is 0 Å². The number of ether oxygens (including phenoxy) is 2. The Balaban J connectivity index is 1.55. The lowest BCUT2D eigenvalue weighted by atomic mass is 9.86. The van der Waals surface area contributed by atoms with E-state index in [9.17, 15) is 14.7 Å². The lowest BCUT2D eigenvalue weighted by Gasteiger charge is -2.38. The lowest BCUT2D eigenvalue weighted by Crippen LogP contribution is -2.41. The van der Waals surface area contributed by atoms with Gasteiger partial charge in [-0.05, 0) is 91.9 Å². The number of nitrogens with zero attached hydrogens (tertiary/aromatic N) is 1. The van der Waals surface area contributed by atoms with Crippen LogP contribution in [0.2, 0.25) is 5.02 Å². The molecule has 0 radical (unpaired) electrons. The average Bonchev–Trinajstić information content (AvgIpc) is 2.89. The minimum atomic E-state index is -0.458. The Morgan fingerprint density at radius 1 is 1.05 bits per heavy atom. The fourth-order valence-electron chi connectivity index (χ4n) is 5.16. The summed E-state index contributed by atoms with van der Waals surface area (Å²) < 4.78 is 11.3. The summed E-state index contributed by atoms with van der Waals surface area (Å²) in [6.45, 7) is 5.01. The number of halogens is 1. The standard InChI is InChI=1S/C30H30ClNO5/c1-18(2)37-27-17-25-22(15-26(27)33)16-28(34)32(29(25)19-3-7-23(31)8-4-19)24-9-5-20(6-10-24)30(35)21-11-13-36-14-12-21/h3-10,15,17-18,21,29,33H,11-14,16H2,1-2H3. The van der Waals surface area contributed by atoms with Crippen LogP contribution in [0.15, 0.2) is 60.7 Å². The van der Waals surface area contributed by atoms with E-state index in [0.29, 0.717) is 35.2 Å². The van der Waals surface area contributed by atoms with Crippen molar-refractivity contribution >= 4 is 29.0 Å². The van der Waals surface area contributed by atoms with Crippen LogP contribution in [-0.4, -0.2) is 36.1 Å². The number of benzene rings is 3. The topological polar surface area (TPSA) is 76.1 Å². The van der Waals surface area contributed by atoms with Crippen LogP contribution in [0, 0.1) is 5.92 Å². The minimum absolute atomic E-state index is 0.0135. The van der Waals surface area contributed by atoms with Crippen LogP contribution in [0.1, 0.15) is 59.8 Å². The Morgan fingerprint density at radius 3 is 2.38 bits per heavy atom. The molecule has 5 rings (SSSR count). The molecule has 192 valence electrons. The van der Waals surface area contributed by atoms with Gasteiger partial charge in [-0.2, -0.15) is 0 Å². The van der Waals surface area contributed by atoms with E-state index in [1.54, 1.807) is 35.2 Å². The molecule has 0 saturated carbocycles. The van der Waals surface area contributed by atoms with E-state index in [0.717, 1.165) is 29.5 Å². The second-order valence-corrected chi connectivity index (χ2v) is 10.3. The Morgan fingerprint density at radius 2 is 1.73 bits per heavy atom. The predicted molar refractivity (Wildman–Crippen MR) is 143 cm³/mol. The van der Waals surface area contributed by atoms with Crippen LogP contribution < -0.4 is 9.64 Å². The van der Waals surface area contributed by atoms with Crippen molar-refractivity contribution < 1.29 is 24.2 Å². The number of ketones is 1. The number of anilines is 1. The zero-order chi connectivity index (χ0) is 26.1. The molecule has 1 fully saturated rings. The number of fused-ring (bicyclic) bond motifs is 1. The van der Waals surface area contributed by atoms with Gasteiger partial charge in [0.05, 0.1) is 18.6 Å². The summed E-state index contributed by atoms with van der Waals surface area (Å²) in [4.78, 5) is 28.3. The Bertz CT molecular complexity index is 1300. The predicted octanol–water partition coefficient (Wildman–Crippen LogP) is 6.12. The average molecular weight is 520 g/mol. The Kier molecular flexibility index (Phi) is 7.22. The minimum Gasteiger partial charge on any atom is -0.504 e. The number of hydrogen-bond acceptors (Lipinski definition) is 5. The van der Waals surface area contributed by atoms with Gasteiger partial charge in [-0.25, -0.2) is 0 Å². The van der Waals surface area contributed by atoms with E-state index in [-0.39, 0.29) is 35.9 Å². The third kappa shape index (κ3) is 5.22. The monoisotopic (exact) mass is 519 g/mol. The fourth-order valence-corrected chi connectivity index (χ4v) is 5.29. The van der Waals surface area contributed by atoms with Gasteiger partial charge in [-0.15, -0.1) is 0 Å². The van der Waals surface area contributed by atoms with Crippen molar-refractivity contribution in [3.63, 3.8) is 0 Å². The second kappa shape index (κ2) is 10.6. The first-order valence-corrected chi connectivity index (χ1v) is 13.0. The second-order valence-electron chi connectivity index (χ2n) is 9.88. The van der Waals surface area contributed by atoms with Gasteiger partial charge in [-0.1, -0.05) is 23.7 Å². The van der Waals surface area contributed by atoms with Crippen LogP contribution in [0.25, 0.3) is 0 Å². The van der Waals surface area contributed by atoms with Crippen molar-refractivity contribution in [2.24, 2.45) is 5.92 Å². The number of amides is 1. The van der Waals surface area contributed by atoms with E-state index < -0.39 is 6.04 Å². The number of aromatic hydroxyl groups is 1. The highest BCUT2D eigenvalue weighted by atomic mass is 35.5. The number of phenolic OH excluding ortho intramolecular Hbond substituents is 1. The molecule has 7 heteroatoms.